The molecule has 0 bridgehead atoms. The maximum atomic E-state index is 11.9. The number of carbonyl (C=O) groups excluding carboxylic acids is 1. The Hall–Kier alpha value is -0.370. The van der Waals surface area contributed by atoms with E-state index in [9.17, 15) is 4.79 Å². The first-order valence-electron chi connectivity index (χ1n) is 6.45. The van der Waals surface area contributed by atoms with Crippen molar-refractivity contribution in [2.75, 3.05) is 0 Å². The Bertz CT molecular complexity index is 417. The summed E-state index contributed by atoms with van der Waals surface area (Å²) in [5.41, 5.74) is 3.89. The van der Waals surface area contributed by atoms with Gasteiger partial charge in [-0.2, -0.15) is 0 Å². The van der Waals surface area contributed by atoms with Crippen LogP contribution in [0.1, 0.15) is 47.0 Å². The van der Waals surface area contributed by atoms with E-state index in [1.54, 1.807) is 0 Å². The molecule has 2 rings (SSSR count). The third kappa shape index (κ3) is 2.05. The fraction of sp³-hybridized carbons (Fsp3) is 0.667. The van der Waals surface area contributed by atoms with Gasteiger partial charge in [-0.15, -0.1) is 0 Å². The molecule has 0 saturated carbocycles. The predicted molar refractivity (Wildman–Crippen MR) is 75.3 cm³/mol. The van der Waals surface area contributed by atoms with Crippen LogP contribution in [0.15, 0.2) is 22.8 Å². The average molecular weight is 297 g/mol. The molecule has 2 atom stereocenters. The van der Waals surface area contributed by atoms with Gasteiger partial charge in [-0.1, -0.05) is 48.4 Å². The number of fused-ring (bicyclic) bond motifs is 1. The first kappa shape index (κ1) is 13.1. The van der Waals surface area contributed by atoms with Crippen molar-refractivity contribution >= 4 is 21.7 Å². The first-order chi connectivity index (χ1) is 7.86. The van der Waals surface area contributed by atoms with E-state index >= 15 is 0 Å². The molecule has 1 nitrogen and oxygen atoms in total. The molecule has 17 heavy (non-hydrogen) atoms. The summed E-state index contributed by atoms with van der Waals surface area (Å²) in [7, 11) is 0. The summed E-state index contributed by atoms with van der Waals surface area (Å²) in [5.74, 6) is 0.898. The molecule has 0 heterocycles. The molecular formula is C15H21BrO. The molecule has 0 amide bonds. The van der Waals surface area contributed by atoms with Gasteiger partial charge in [0.1, 0.15) is 0 Å². The third-order valence-electron chi connectivity index (χ3n) is 4.49. The highest BCUT2D eigenvalue weighted by atomic mass is 79.9. The van der Waals surface area contributed by atoms with Gasteiger partial charge in [0.25, 0.3) is 0 Å². The van der Waals surface area contributed by atoms with Gasteiger partial charge in [-0.3, -0.25) is 4.79 Å². The molecule has 94 valence electrons. The number of allylic oxidation sites excluding steroid dienone is 4. The fourth-order valence-corrected chi connectivity index (χ4v) is 3.80. The van der Waals surface area contributed by atoms with Crippen LogP contribution in [0.25, 0.3) is 0 Å². The molecule has 2 heteroatoms. The maximum Gasteiger partial charge on any atom is 0.158 e. The van der Waals surface area contributed by atoms with Crippen molar-refractivity contribution in [1.29, 1.82) is 0 Å². The van der Waals surface area contributed by atoms with Crippen molar-refractivity contribution in [3.8, 4) is 0 Å². The van der Waals surface area contributed by atoms with Gasteiger partial charge < -0.3 is 0 Å². The van der Waals surface area contributed by atoms with E-state index in [0.717, 1.165) is 18.4 Å². The standard InChI is InChI=1S/C15H21BrO/c1-9(2)11-7-12-10(3)13(17)5-6-15(12,4)14(16)8-11/h7,9,14H,5-6,8H2,1-4H3/t14-,15-/m0/s1. The van der Waals surface area contributed by atoms with Crippen molar-refractivity contribution in [1.82, 2.24) is 0 Å². The number of halogens is 1. The van der Waals surface area contributed by atoms with Crippen molar-refractivity contribution in [3.63, 3.8) is 0 Å². The largest absolute Gasteiger partial charge is 0.295 e. The molecule has 0 spiro atoms. The SMILES string of the molecule is CC1=C2C=C(C(C)C)C[C@H](Br)[C@@]2(C)CCC1=O. The number of carbonyl (C=O) groups is 1. The summed E-state index contributed by atoms with van der Waals surface area (Å²) < 4.78 is 0. The van der Waals surface area contributed by atoms with Gasteiger partial charge in [0.15, 0.2) is 5.78 Å². The molecule has 0 aromatic carbocycles. The lowest BCUT2D eigenvalue weighted by Crippen LogP contribution is -2.38. The number of ketones is 1. The molecule has 0 aliphatic heterocycles. The molecule has 0 unspecified atom stereocenters. The van der Waals surface area contributed by atoms with Gasteiger partial charge in [0.05, 0.1) is 0 Å². The second-order valence-electron chi connectivity index (χ2n) is 5.92. The Morgan fingerprint density at radius 2 is 2.12 bits per heavy atom. The van der Waals surface area contributed by atoms with E-state index in [0.29, 0.717) is 22.9 Å². The van der Waals surface area contributed by atoms with Crippen LogP contribution in [-0.4, -0.2) is 10.6 Å². The third-order valence-corrected chi connectivity index (χ3v) is 5.82. The molecule has 0 N–H and O–H groups in total. The van der Waals surface area contributed by atoms with Gasteiger partial charge in [-0.25, -0.2) is 0 Å². The van der Waals surface area contributed by atoms with Crippen LogP contribution in [0.4, 0.5) is 0 Å². The van der Waals surface area contributed by atoms with E-state index in [-0.39, 0.29) is 5.41 Å². The molecule has 0 aromatic heterocycles. The summed E-state index contributed by atoms with van der Waals surface area (Å²) in [6, 6.07) is 0. The lowest BCUT2D eigenvalue weighted by Gasteiger charge is -2.44. The quantitative estimate of drug-likeness (QED) is 0.655. The van der Waals surface area contributed by atoms with Crippen molar-refractivity contribution < 1.29 is 4.79 Å². The summed E-state index contributed by atoms with van der Waals surface area (Å²) in [4.78, 5) is 12.3. The second kappa shape index (κ2) is 4.38. The Morgan fingerprint density at radius 1 is 1.47 bits per heavy atom. The maximum absolute atomic E-state index is 11.9. The van der Waals surface area contributed by atoms with E-state index in [1.165, 1.54) is 11.1 Å². The molecule has 0 radical (unpaired) electrons. The first-order valence-corrected chi connectivity index (χ1v) is 7.37. The minimum atomic E-state index is 0.149. The van der Waals surface area contributed by atoms with E-state index in [1.807, 2.05) is 6.92 Å². The lowest BCUT2D eigenvalue weighted by atomic mass is 9.64. The Balaban J connectivity index is 2.55. The van der Waals surface area contributed by atoms with E-state index in [4.69, 9.17) is 0 Å². The average Bonchev–Trinajstić information content (AvgIpc) is 2.26. The highest BCUT2D eigenvalue weighted by Crippen LogP contribution is 2.51. The molecule has 0 saturated heterocycles. The zero-order valence-electron chi connectivity index (χ0n) is 11.1. The van der Waals surface area contributed by atoms with Crippen LogP contribution in [0, 0.1) is 11.3 Å². The fourth-order valence-electron chi connectivity index (χ4n) is 2.95. The van der Waals surface area contributed by atoms with Gasteiger partial charge in [-0.05, 0) is 36.8 Å². The highest BCUT2D eigenvalue weighted by Gasteiger charge is 2.43. The van der Waals surface area contributed by atoms with Crippen molar-refractivity contribution in [3.05, 3.63) is 22.8 Å². The van der Waals surface area contributed by atoms with E-state index < -0.39 is 0 Å². The minimum absolute atomic E-state index is 0.149. The number of hydrogen-bond donors (Lipinski definition) is 0. The predicted octanol–water partition coefficient (Wildman–Crippen LogP) is 4.42. The van der Waals surface area contributed by atoms with Crippen molar-refractivity contribution in [2.45, 2.75) is 51.8 Å². The normalized spacial score (nSPS) is 33.9. The number of hydrogen-bond acceptors (Lipinski definition) is 1. The number of alkyl halides is 1. The van der Waals surface area contributed by atoms with Crippen LogP contribution < -0.4 is 0 Å². The Kier molecular flexibility index (Phi) is 3.37. The monoisotopic (exact) mass is 296 g/mol. The zero-order valence-corrected chi connectivity index (χ0v) is 12.7. The summed E-state index contributed by atoms with van der Waals surface area (Å²) >= 11 is 3.86. The number of Topliss-reactive ketones (excluding diaryl/α,β-unsaturated/α-hetero) is 1. The van der Waals surface area contributed by atoms with Crippen LogP contribution in [0.5, 0.6) is 0 Å². The molecular weight excluding hydrogens is 276 g/mol. The molecule has 2 aliphatic rings. The highest BCUT2D eigenvalue weighted by molar-refractivity contribution is 9.09. The summed E-state index contributed by atoms with van der Waals surface area (Å²) in [5, 5.41) is 0. The molecule has 0 aromatic rings. The van der Waals surface area contributed by atoms with Crippen LogP contribution in [0.2, 0.25) is 0 Å². The van der Waals surface area contributed by atoms with Crippen molar-refractivity contribution in [2.24, 2.45) is 11.3 Å². The topological polar surface area (TPSA) is 17.1 Å². The van der Waals surface area contributed by atoms with Crippen LogP contribution in [-0.2, 0) is 4.79 Å². The Labute approximate surface area is 112 Å². The minimum Gasteiger partial charge on any atom is -0.295 e. The van der Waals surface area contributed by atoms with Crippen LogP contribution in [0.3, 0.4) is 0 Å². The number of rotatable bonds is 1. The van der Waals surface area contributed by atoms with Gasteiger partial charge >= 0.3 is 0 Å². The second-order valence-corrected chi connectivity index (χ2v) is 7.03. The van der Waals surface area contributed by atoms with E-state index in [2.05, 4.69) is 42.8 Å². The molecule has 2 aliphatic carbocycles. The van der Waals surface area contributed by atoms with Crippen LogP contribution >= 0.6 is 15.9 Å². The smallest absolute Gasteiger partial charge is 0.158 e. The van der Waals surface area contributed by atoms with Gasteiger partial charge in [0.2, 0.25) is 0 Å². The molecule has 0 fully saturated rings. The summed E-state index contributed by atoms with van der Waals surface area (Å²) in [6.45, 7) is 8.75. The summed E-state index contributed by atoms with van der Waals surface area (Å²) in [6.07, 6.45) is 5.10. The zero-order chi connectivity index (χ0) is 12.8. The Morgan fingerprint density at radius 3 is 2.71 bits per heavy atom. The van der Waals surface area contributed by atoms with Gasteiger partial charge in [0, 0.05) is 16.7 Å². The lowest BCUT2D eigenvalue weighted by molar-refractivity contribution is -0.116.